The highest BCUT2D eigenvalue weighted by atomic mass is 16.5. The maximum absolute atomic E-state index is 11.8. The van der Waals surface area contributed by atoms with Gasteiger partial charge in [0.05, 0.1) is 6.04 Å². The minimum Gasteiger partial charge on any atom is -0.457 e. The van der Waals surface area contributed by atoms with Crippen LogP contribution in [0.5, 0.6) is 11.5 Å². The minimum atomic E-state index is -0.133. The molecule has 0 spiro atoms. The molecule has 3 aromatic rings. The fourth-order valence-electron chi connectivity index (χ4n) is 2.99. The Balaban J connectivity index is 1.42. The molecule has 7 nitrogen and oxygen atoms in total. The molecule has 28 heavy (non-hydrogen) atoms. The van der Waals surface area contributed by atoms with Gasteiger partial charge in [0.15, 0.2) is 0 Å². The molecule has 2 heterocycles. The van der Waals surface area contributed by atoms with Gasteiger partial charge in [-0.3, -0.25) is 4.90 Å². The summed E-state index contributed by atoms with van der Waals surface area (Å²) in [5.41, 5.74) is 1.08. The summed E-state index contributed by atoms with van der Waals surface area (Å²) in [5.74, 6) is 2.65. The highest BCUT2D eigenvalue weighted by molar-refractivity contribution is 5.93. The number of amides is 2. The van der Waals surface area contributed by atoms with Crippen molar-refractivity contribution in [1.29, 1.82) is 0 Å². The smallest absolute Gasteiger partial charge is 0.323 e. The number of hydrogen-bond donors (Lipinski definition) is 2. The maximum Gasteiger partial charge on any atom is 0.323 e. The molecule has 1 aliphatic rings. The Morgan fingerprint density at radius 1 is 1.07 bits per heavy atom. The van der Waals surface area contributed by atoms with Crippen LogP contribution < -0.4 is 20.3 Å². The largest absolute Gasteiger partial charge is 0.457 e. The number of urea groups is 1. The standard InChI is InChI=1S/C21H21N5O2/c1-15(16-7-9-18(10-8-16)28-17-5-3-2-4-6-17)24-20-22-12-11-19(25-20)26-14-13-23-21(26)27/h2-12,15H,13-14H2,1H3,(H,23,27)(H,22,24,25). The van der Waals surface area contributed by atoms with E-state index >= 15 is 0 Å². The Kier molecular flexibility index (Phi) is 5.05. The first-order valence-corrected chi connectivity index (χ1v) is 9.17. The lowest BCUT2D eigenvalue weighted by Gasteiger charge is -2.17. The fraction of sp³-hybridized carbons (Fsp3) is 0.190. The van der Waals surface area contributed by atoms with E-state index in [2.05, 4.69) is 20.6 Å². The van der Waals surface area contributed by atoms with Crippen LogP contribution in [0, 0.1) is 0 Å². The number of ether oxygens (including phenoxy) is 1. The number of aromatic nitrogens is 2. The second-order valence-electron chi connectivity index (χ2n) is 6.47. The van der Waals surface area contributed by atoms with Crippen LogP contribution >= 0.6 is 0 Å². The van der Waals surface area contributed by atoms with Gasteiger partial charge in [0.25, 0.3) is 0 Å². The van der Waals surface area contributed by atoms with Crippen molar-refractivity contribution in [3.8, 4) is 11.5 Å². The number of rotatable bonds is 6. The van der Waals surface area contributed by atoms with Crippen molar-refractivity contribution in [2.24, 2.45) is 0 Å². The molecule has 0 bridgehead atoms. The van der Waals surface area contributed by atoms with Gasteiger partial charge in [-0.25, -0.2) is 9.78 Å². The molecule has 1 saturated heterocycles. The highest BCUT2D eigenvalue weighted by Crippen LogP contribution is 2.24. The second kappa shape index (κ2) is 7.96. The van der Waals surface area contributed by atoms with Crippen LogP contribution in [0.2, 0.25) is 0 Å². The van der Waals surface area contributed by atoms with Crippen molar-refractivity contribution >= 4 is 17.8 Å². The Bertz CT molecular complexity index is 947. The molecule has 1 aromatic heterocycles. The number of nitrogens with one attached hydrogen (secondary N) is 2. The quantitative estimate of drug-likeness (QED) is 0.681. The Labute approximate surface area is 163 Å². The van der Waals surface area contributed by atoms with Crippen molar-refractivity contribution in [2.75, 3.05) is 23.3 Å². The van der Waals surface area contributed by atoms with Crippen LogP contribution in [-0.4, -0.2) is 29.1 Å². The third kappa shape index (κ3) is 4.03. The molecule has 1 fully saturated rings. The van der Waals surface area contributed by atoms with Gasteiger partial charge >= 0.3 is 6.03 Å². The molecular formula is C21H21N5O2. The zero-order valence-electron chi connectivity index (χ0n) is 15.5. The third-order valence-electron chi connectivity index (χ3n) is 4.48. The maximum atomic E-state index is 11.8. The first-order valence-electron chi connectivity index (χ1n) is 9.17. The van der Waals surface area contributed by atoms with Gasteiger partial charge in [-0.1, -0.05) is 30.3 Å². The van der Waals surface area contributed by atoms with Crippen LogP contribution in [0.3, 0.4) is 0 Å². The van der Waals surface area contributed by atoms with E-state index in [4.69, 9.17) is 4.74 Å². The van der Waals surface area contributed by atoms with E-state index in [9.17, 15) is 4.79 Å². The number of hydrogen-bond acceptors (Lipinski definition) is 5. The van der Waals surface area contributed by atoms with E-state index in [1.807, 2.05) is 61.5 Å². The van der Waals surface area contributed by atoms with Gasteiger partial charge in [0, 0.05) is 19.3 Å². The summed E-state index contributed by atoms with van der Waals surface area (Å²) >= 11 is 0. The van der Waals surface area contributed by atoms with E-state index in [1.165, 1.54) is 0 Å². The summed E-state index contributed by atoms with van der Waals surface area (Å²) in [6.07, 6.45) is 1.65. The lowest BCUT2D eigenvalue weighted by atomic mass is 10.1. The van der Waals surface area contributed by atoms with Crippen LogP contribution in [0.1, 0.15) is 18.5 Å². The van der Waals surface area contributed by atoms with Crippen LogP contribution in [0.25, 0.3) is 0 Å². The molecule has 0 aliphatic carbocycles. The van der Waals surface area contributed by atoms with Crippen molar-refractivity contribution in [3.63, 3.8) is 0 Å². The van der Waals surface area contributed by atoms with Crippen molar-refractivity contribution in [1.82, 2.24) is 15.3 Å². The molecule has 2 amide bonds. The first-order chi connectivity index (χ1) is 13.7. The monoisotopic (exact) mass is 375 g/mol. The first kappa shape index (κ1) is 17.8. The van der Waals surface area contributed by atoms with Crippen LogP contribution in [0.4, 0.5) is 16.6 Å². The van der Waals surface area contributed by atoms with Gasteiger partial charge in [0.2, 0.25) is 5.95 Å². The van der Waals surface area contributed by atoms with Gasteiger partial charge in [0.1, 0.15) is 17.3 Å². The van der Waals surface area contributed by atoms with Gasteiger partial charge in [-0.2, -0.15) is 4.98 Å². The summed E-state index contributed by atoms with van der Waals surface area (Å²) in [6, 6.07) is 19.2. The number of benzene rings is 2. The summed E-state index contributed by atoms with van der Waals surface area (Å²) in [5, 5.41) is 6.06. The van der Waals surface area contributed by atoms with E-state index in [0.29, 0.717) is 24.9 Å². The van der Waals surface area contributed by atoms with Crippen LogP contribution in [-0.2, 0) is 0 Å². The normalized spacial score (nSPS) is 14.5. The molecule has 0 radical (unpaired) electrons. The average Bonchev–Trinajstić information content (AvgIpc) is 3.15. The van der Waals surface area contributed by atoms with Gasteiger partial charge < -0.3 is 15.4 Å². The molecule has 142 valence electrons. The molecule has 1 atom stereocenters. The number of anilines is 2. The van der Waals surface area contributed by atoms with Gasteiger partial charge in [-0.05, 0) is 42.8 Å². The van der Waals surface area contributed by atoms with Crippen LogP contribution in [0.15, 0.2) is 66.9 Å². The zero-order chi connectivity index (χ0) is 19.3. The molecule has 2 aromatic carbocycles. The molecule has 0 saturated carbocycles. The Morgan fingerprint density at radius 2 is 1.82 bits per heavy atom. The molecular weight excluding hydrogens is 354 g/mol. The number of carbonyl (C=O) groups excluding carboxylic acids is 1. The predicted molar refractivity (Wildman–Crippen MR) is 108 cm³/mol. The van der Waals surface area contributed by atoms with E-state index in [1.54, 1.807) is 17.2 Å². The van der Waals surface area contributed by atoms with E-state index in [0.717, 1.165) is 17.1 Å². The molecule has 4 rings (SSSR count). The summed E-state index contributed by atoms with van der Waals surface area (Å²) < 4.78 is 5.83. The molecule has 1 aliphatic heterocycles. The number of para-hydroxylation sites is 1. The highest BCUT2D eigenvalue weighted by Gasteiger charge is 2.22. The summed E-state index contributed by atoms with van der Waals surface area (Å²) in [7, 11) is 0. The Hall–Kier alpha value is -3.61. The predicted octanol–water partition coefficient (Wildman–Crippen LogP) is 3.97. The topological polar surface area (TPSA) is 79.4 Å². The van der Waals surface area contributed by atoms with Gasteiger partial charge in [-0.15, -0.1) is 0 Å². The van der Waals surface area contributed by atoms with E-state index < -0.39 is 0 Å². The lowest BCUT2D eigenvalue weighted by Crippen LogP contribution is -2.28. The van der Waals surface area contributed by atoms with Crippen molar-refractivity contribution in [2.45, 2.75) is 13.0 Å². The minimum absolute atomic E-state index is 0.00608. The van der Waals surface area contributed by atoms with Crippen molar-refractivity contribution in [3.05, 3.63) is 72.4 Å². The molecule has 2 N–H and O–H groups in total. The third-order valence-corrected chi connectivity index (χ3v) is 4.48. The summed E-state index contributed by atoms with van der Waals surface area (Å²) in [6.45, 7) is 3.26. The molecule has 7 heteroatoms. The molecule has 1 unspecified atom stereocenters. The van der Waals surface area contributed by atoms with Crippen molar-refractivity contribution < 1.29 is 9.53 Å². The zero-order valence-corrected chi connectivity index (χ0v) is 15.5. The number of carbonyl (C=O) groups is 1. The Morgan fingerprint density at radius 3 is 2.54 bits per heavy atom. The second-order valence-corrected chi connectivity index (χ2v) is 6.47. The number of nitrogens with zero attached hydrogens (tertiary/aromatic N) is 3. The lowest BCUT2D eigenvalue weighted by molar-refractivity contribution is 0.252. The SMILES string of the molecule is CC(Nc1nccc(N2CCNC2=O)n1)c1ccc(Oc2ccccc2)cc1. The van der Waals surface area contributed by atoms with E-state index in [-0.39, 0.29) is 12.1 Å². The summed E-state index contributed by atoms with van der Waals surface area (Å²) in [4.78, 5) is 22.2. The average molecular weight is 375 g/mol. The fourth-order valence-corrected chi connectivity index (χ4v) is 2.99.